The van der Waals surface area contributed by atoms with Crippen LogP contribution in [0.3, 0.4) is 0 Å². The molecule has 35 heavy (non-hydrogen) atoms. The highest BCUT2D eigenvalue weighted by molar-refractivity contribution is 5.85. The number of fused-ring (bicyclic) bond motifs is 1. The van der Waals surface area contributed by atoms with Crippen LogP contribution in [0.1, 0.15) is 29.5 Å². The van der Waals surface area contributed by atoms with Crippen molar-refractivity contribution in [3.05, 3.63) is 59.2 Å². The first-order valence-electron chi connectivity index (χ1n) is 12.1. The van der Waals surface area contributed by atoms with Gasteiger partial charge < -0.3 is 24.0 Å². The predicted molar refractivity (Wildman–Crippen MR) is 138 cm³/mol. The van der Waals surface area contributed by atoms with Gasteiger partial charge in [-0.3, -0.25) is 4.79 Å². The number of nitrogens with zero attached hydrogens (tertiary/aromatic N) is 3. The molecule has 7 nitrogen and oxygen atoms in total. The maximum atomic E-state index is 13.7. The summed E-state index contributed by atoms with van der Waals surface area (Å²) in [5.41, 5.74) is 3.93. The minimum absolute atomic E-state index is 0.0149. The van der Waals surface area contributed by atoms with Crippen LogP contribution in [0.25, 0.3) is 10.9 Å². The molecule has 1 aliphatic heterocycles. The van der Waals surface area contributed by atoms with Crippen LogP contribution in [0, 0.1) is 6.92 Å². The number of ether oxygens (including phenoxy) is 3. The lowest BCUT2D eigenvalue weighted by Gasteiger charge is -2.28. The van der Waals surface area contributed by atoms with Gasteiger partial charge in [-0.2, -0.15) is 0 Å². The Morgan fingerprint density at radius 3 is 2.63 bits per heavy atom. The largest absolute Gasteiger partial charge is 0.497 e. The summed E-state index contributed by atoms with van der Waals surface area (Å²) >= 11 is 0. The van der Waals surface area contributed by atoms with Crippen LogP contribution < -0.4 is 14.4 Å². The Hall–Kier alpha value is -3.32. The van der Waals surface area contributed by atoms with Crippen LogP contribution in [0.2, 0.25) is 0 Å². The van der Waals surface area contributed by atoms with E-state index in [0.717, 1.165) is 52.9 Å². The van der Waals surface area contributed by atoms with Crippen molar-refractivity contribution in [2.24, 2.45) is 0 Å². The lowest BCUT2D eigenvalue weighted by atomic mass is 10.1. The molecule has 1 amide bonds. The van der Waals surface area contributed by atoms with Crippen molar-refractivity contribution in [2.45, 2.75) is 38.8 Å². The second kappa shape index (κ2) is 11.0. The number of hydrogen-bond donors (Lipinski definition) is 0. The SMILES string of the molecule is COc1ccc(OC)c(CC(=O)N(Cc2cc3cccc(C)c3nc2N(C)C)CC2CCCO2)c1. The van der Waals surface area contributed by atoms with Gasteiger partial charge in [-0.25, -0.2) is 4.98 Å². The molecule has 4 rings (SSSR count). The molecule has 0 aliphatic carbocycles. The first kappa shape index (κ1) is 24.8. The number of rotatable bonds is 9. The van der Waals surface area contributed by atoms with Crippen molar-refractivity contribution >= 4 is 22.6 Å². The second-order valence-corrected chi connectivity index (χ2v) is 9.28. The molecule has 7 heteroatoms. The summed E-state index contributed by atoms with van der Waals surface area (Å²) in [5.74, 6) is 2.26. The molecule has 1 saturated heterocycles. The van der Waals surface area contributed by atoms with Gasteiger partial charge in [-0.1, -0.05) is 18.2 Å². The summed E-state index contributed by atoms with van der Waals surface area (Å²) in [5, 5.41) is 1.07. The monoisotopic (exact) mass is 477 g/mol. The molecule has 0 radical (unpaired) electrons. The third kappa shape index (κ3) is 5.68. The average Bonchev–Trinajstić information content (AvgIpc) is 3.36. The van der Waals surface area contributed by atoms with Gasteiger partial charge in [0.1, 0.15) is 17.3 Å². The number of carbonyl (C=O) groups excluding carboxylic acids is 1. The lowest BCUT2D eigenvalue weighted by molar-refractivity contribution is -0.132. The van der Waals surface area contributed by atoms with Crippen molar-refractivity contribution in [2.75, 3.05) is 46.4 Å². The Morgan fingerprint density at radius 1 is 1.11 bits per heavy atom. The first-order valence-corrected chi connectivity index (χ1v) is 12.1. The topological polar surface area (TPSA) is 64.1 Å². The molecule has 3 aromatic rings. The third-order valence-electron chi connectivity index (χ3n) is 6.52. The molecule has 0 N–H and O–H groups in total. The Balaban J connectivity index is 1.67. The number of benzene rings is 2. The molecular weight excluding hydrogens is 442 g/mol. The Morgan fingerprint density at radius 2 is 1.94 bits per heavy atom. The van der Waals surface area contributed by atoms with E-state index in [9.17, 15) is 4.79 Å². The highest BCUT2D eigenvalue weighted by Crippen LogP contribution is 2.28. The van der Waals surface area contributed by atoms with Gasteiger partial charge in [0.15, 0.2) is 0 Å². The zero-order valence-electron chi connectivity index (χ0n) is 21.3. The molecule has 1 atom stereocenters. The summed E-state index contributed by atoms with van der Waals surface area (Å²) in [7, 11) is 7.22. The highest BCUT2D eigenvalue weighted by Gasteiger charge is 2.25. The van der Waals surface area contributed by atoms with Gasteiger partial charge in [0, 0.05) is 50.3 Å². The summed E-state index contributed by atoms with van der Waals surface area (Å²) in [6, 6.07) is 13.9. The van der Waals surface area contributed by atoms with Gasteiger partial charge in [0.05, 0.1) is 32.3 Å². The van der Waals surface area contributed by atoms with E-state index in [0.29, 0.717) is 24.6 Å². The van der Waals surface area contributed by atoms with Gasteiger partial charge in [-0.05, 0) is 49.6 Å². The summed E-state index contributed by atoms with van der Waals surface area (Å²) in [4.78, 5) is 22.6. The predicted octanol–water partition coefficient (Wildman–Crippen LogP) is 4.38. The van der Waals surface area contributed by atoms with Crippen LogP contribution in [-0.2, 0) is 22.5 Å². The van der Waals surface area contributed by atoms with Crippen LogP contribution >= 0.6 is 0 Å². The Labute approximate surface area is 207 Å². The normalized spacial score (nSPS) is 15.3. The summed E-state index contributed by atoms with van der Waals surface area (Å²) < 4.78 is 16.8. The number of amides is 1. The van der Waals surface area contributed by atoms with E-state index in [-0.39, 0.29) is 18.4 Å². The van der Waals surface area contributed by atoms with Crippen LogP contribution in [0.5, 0.6) is 11.5 Å². The number of para-hydroxylation sites is 1. The van der Waals surface area contributed by atoms with Crippen LogP contribution in [-0.4, -0.2) is 63.4 Å². The van der Waals surface area contributed by atoms with Crippen LogP contribution in [0.4, 0.5) is 5.82 Å². The molecule has 0 bridgehead atoms. The highest BCUT2D eigenvalue weighted by atomic mass is 16.5. The zero-order valence-corrected chi connectivity index (χ0v) is 21.3. The molecule has 2 aromatic carbocycles. The molecule has 1 fully saturated rings. The smallest absolute Gasteiger partial charge is 0.227 e. The van der Waals surface area contributed by atoms with E-state index < -0.39 is 0 Å². The molecule has 0 saturated carbocycles. The molecule has 186 valence electrons. The number of aromatic nitrogens is 1. The number of hydrogen-bond acceptors (Lipinski definition) is 6. The number of carbonyl (C=O) groups is 1. The third-order valence-corrected chi connectivity index (χ3v) is 6.52. The average molecular weight is 478 g/mol. The lowest BCUT2D eigenvalue weighted by Crippen LogP contribution is -2.38. The van der Waals surface area contributed by atoms with Gasteiger partial charge in [0.25, 0.3) is 0 Å². The number of aryl methyl sites for hydroxylation is 1. The number of anilines is 1. The van der Waals surface area contributed by atoms with E-state index >= 15 is 0 Å². The minimum atomic E-state index is 0.0149. The van der Waals surface area contributed by atoms with Crippen molar-refractivity contribution in [1.29, 1.82) is 0 Å². The Bertz CT molecular complexity index is 1190. The number of methoxy groups -OCH3 is 2. The van der Waals surface area contributed by atoms with Crippen molar-refractivity contribution < 1.29 is 19.0 Å². The summed E-state index contributed by atoms with van der Waals surface area (Å²) in [6.07, 6.45) is 2.24. The fourth-order valence-electron chi connectivity index (χ4n) is 4.67. The molecule has 2 heterocycles. The molecule has 1 aromatic heterocycles. The molecule has 0 spiro atoms. The van der Waals surface area contributed by atoms with Crippen molar-refractivity contribution in [1.82, 2.24) is 9.88 Å². The molecule has 1 unspecified atom stereocenters. The maximum absolute atomic E-state index is 13.7. The quantitative estimate of drug-likeness (QED) is 0.456. The molecular formula is C28H35N3O4. The van der Waals surface area contributed by atoms with Gasteiger partial charge in [0.2, 0.25) is 5.91 Å². The van der Waals surface area contributed by atoms with Crippen molar-refractivity contribution in [3.8, 4) is 11.5 Å². The van der Waals surface area contributed by atoms with Gasteiger partial charge in [-0.15, -0.1) is 0 Å². The van der Waals surface area contributed by atoms with E-state index in [4.69, 9.17) is 19.2 Å². The first-order chi connectivity index (χ1) is 16.9. The van der Waals surface area contributed by atoms with Crippen LogP contribution in [0.15, 0.2) is 42.5 Å². The second-order valence-electron chi connectivity index (χ2n) is 9.28. The Kier molecular flexibility index (Phi) is 7.76. The standard InChI is InChI=1S/C28H35N3O4/c1-19-8-6-9-20-14-22(28(30(2)3)29-27(19)20)17-31(18-24-10-7-13-35-24)26(32)16-21-15-23(33-4)11-12-25(21)34-5/h6,8-9,11-12,14-15,24H,7,10,13,16-18H2,1-5H3. The maximum Gasteiger partial charge on any atom is 0.227 e. The summed E-state index contributed by atoms with van der Waals surface area (Å²) in [6.45, 7) is 3.82. The zero-order chi connectivity index (χ0) is 24.9. The fourth-order valence-corrected chi connectivity index (χ4v) is 4.67. The minimum Gasteiger partial charge on any atom is -0.497 e. The van der Waals surface area contributed by atoms with Gasteiger partial charge >= 0.3 is 0 Å². The van der Waals surface area contributed by atoms with E-state index in [1.807, 2.05) is 48.2 Å². The fraction of sp³-hybridized carbons (Fsp3) is 0.429. The van der Waals surface area contributed by atoms with E-state index in [1.54, 1.807) is 14.2 Å². The van der Waals surface area contributed by atoms with E-state index in [1.165, 1.54) is 0 Å². The van der Waals surface area contributed by atoms with Crippen molar-refractivity contribution in [3.63, 3.8) is 0 Å². The van der Waals surface area contributed by atoms with E-state index in [2.05, 4.69) is 25.1 Å². The number of pyridine rings is 1. The molecule has 1 aliphatic rings.